The highest BCUT2D eigenvalue weighted by Crippen LogP contribution is 2.27. The minimum absolute atomic E-state index is 0.155. The van der Waals surface area contributed by atoms with Gasteiger partial charge in [-0.15, -0.1) is 0 Å². The summed E-state index contributed by atoms with van der Waals surface area (Å²) >= 11 is 0. The minimum Gasteiger partial charge on any atom is -0.328 e. The van der Waals surface area contributed by atoms with Gasteiger partial charge < -0.3 is 4.90 Å². The molecule has 30 heavy (non-hydrogen) atoms. The lowest BCUT2D eigenvalue weighted by Gasteiger charge is -2.16. The second kappa shape index (κ2) is 8.41. The molecule has 4 aromatic rings. The molecule has 3 heterocycles. The average Bonchev–Trinajstić information content (AvgIpc) is 3.11. The van der Waals surface area contributed by atoms with Crippen LogP contribution in [0.25, 0.3) is 22.0 Å². The van der Waals surface area contributed by atoms with E-state index in [2.05, 4.69) is 9.97 Å². The molecular formula is C25H22FN3O. The van der Waals surface area contributed by atoms with Crippen molar-refractivity contribution < 1.29 is 9.18 Å². The third-order valence-corrected chi connectivity index (χ3v) is 5.08. The van der Waals surface area contributed by atoms with Crippen molar-refractivity contribution in [1.82, 2.24) is 14.9 Å². The molecule has 4 nitrogen and oxygen atoms in total. The van der Waals surface area contributed by atoms with Gasteiger partial charge in [0, 0.05) is 47.6 Å². The predicted molar refractivity (Wildman–Crippen MR) is 116 cm³/mol. The zero-order chi connectivity index (χ0) is 21.1. The van der Waals surface area contributed by atoms with Gasteiger partial charge in [0.05, 0.1) is 5.52 Å². The Bertz CT molecular complexity index is 1220. The Hall–Kier alpha value is -3.60. The van der Waals surface area contributed by atoms with Gasteiger partial charge >= 0.3 is 0 Å². The van der Waals surface area contributed by atoms with Crippen LogP contribution in [0.1, 0.15) is 35.5 Å². The maximum Gasteiger partial charge on any atom is 0.273 e. The molecule has 5 heteroatoms. The molecule has 0 radical (unpaired) electrons. The van der Waals surface area contributed by atoms with Gasteiger partial charge in [-0.2, -0.15) is 0 Å². The average molecular weight is 399 g/mol. The Labute approximate surface area is 175 Å². The Morgan fingerprint density at radius 3 is 2.60 bits per heavy atom. The van der Waals surface area contributed by atoms with E-state index in [0.29, 0.717) is 17.8 Å². The molecule has 0 aliphatic carbocycles. The van der Waals surface area contributed by atoms with Gasteiger partial charge in [-0.3, -0.25) is 14.8 Å². The molecule has 0 saturated carbocycles. The largest absolute Gasteiger partial charge is 0.328 e. The summed E-state index contributed by atoms with van der Waals surface area (Å²) in [6.07, 6.45) is 3.36. The van der Waals surface area contributed by atoms with Gasteiger partial charge in [0.2, 0.25) is 0 Å². The smallest absolute Gasteiger partial charge is 0.273 e. The molecule has 1 amide bonds. The number of hydrogen-bond acceptors (Lipinski definition) is 3. The Morgan fingerprint density at radius 1 is 0.967 bits per heavy atom. The standard InChI is InChI=1S/C23H16FN3O.C2H6/c24-20-11-15(19-10-16-4-1-2-6-21(16)26-12-19)7-8-17(20)13-27-14-18-5-3-9-25-22(18)23(27)28;1-2/h1-12H,13-14H2;1-2H3. The Kier molecular flexibility index (Phi) is 5.53. The van der Waals surface area contributed by atoms with Crippen LogP contribution >= 0.6 is 0 Å². The van der Waals surface area contributed by atoms with E-state index in [1.165, 1.54) is 6.07 Å². The molecule has 0 unspecified atom stereocenters. The number of benzene rings is 2. The van der Waals surface area contributed by atoms with Gasteiger partial charge in [-0.1, -0.05) is 50.2 Å². The second-order valence-corrected chi connectivity index (χ2v) is 6.90. The monoisotopic (exact) mass is 399 g/mol. The number of carbonyl (C=O) groups is 1. The van der Waals surface area contributed by atoms with E-state index in [1.54, 1.807) is 23.4 Å². The first-order valence-electron chi connectivity index (χ1n) is 10.1. The first kappa shape index (κ1) is 19.7. The van der Waals surface area contributed by atoms with E-state index in [9.17, 15) is 9.18 Å². The van der Waals surface area contributed by atoms with Crippen LogP contribution < -0.4 is 0 Å². The van der Waals surface area contributed by atoms with Crippen LogP contribution in [0.2, 0.25) is 0 Å². The van der Waals surface area contributed by atoms with E-state index < -0.39 is 0 Å². The zero-order valence-corrected chi connectivity index (χ0v) is 17.0. The summed E-state index contributed by atoms with van der Waals surface area (Å²) in [6, 6.07) is 18.6. The normalized spacial score (nSPS) is 12.5. The number of para-hydroxylation sites is 1. The van der Waals surface area contributed by atoms with E-state index in [0.717, 1.165) is 27.6 Å². The van der Waals surface area contributed by atoms with Crippen LogP contribution in [0.15, 0.2) is 73.1 Å². The van der Waals surface area contributed by atoms with Gasteiger partial charge in [-0.05, 0) is 29.8 Å². The lowest BCUT2D eigenvalue weighted by atomic mass is 10.0. The van der Waals surface area contributed by atoms with E-state index >= 15 is 0 Å². The van der Waals surface area contributed by atoms with E-state index in [4.69, 9.17) is 0 Å². The van der Waals surface area contributed by atoms with Crippen LogP contribution in [0.4, 0.5) is 4.39 Å². The molecule has 1 aliphatic heterocycles. The first-order valence-corrected chi connectivity index (χ1v) is 10.1. The molecule has 2 aromatic heterocycles. The number of fused-ring (bicyclic) bond motifs is 2. The molecule has 0 saturated heterocycles. The van der Waals surface area contributed by atoms with Crippen LogP contribution in [-0.2, 0) is 13.1 Å². The van der Waals surface area contributed by atoms with Crippen molar-refractivity contribution in [3.63, 3.8) is 0 Å². The molecule has 5 rings (SSSR count). The van der Waals surface area contributed by atoms with Gasteiger partial charge in [0.15, 0.2) is 0 Å². The van der Waals surface area contributed by atoms with E-state index in [-0.39, 0.29) is 18.3 Å². The van der Waals surface area contributed by atoms with Crippen molar-refractivity contribution in [1.29, 1.82) is 0 Å². The number of pyridine rings is 2. The molecule has 1 aliphatic rings. The number of hydrogen-bond donors (Lipinski definition) is 0. The second-order valence-electron chi connectivity index (χ2n) is 6.90. The fraction of sp³-hybridized carbons (Fsp3) is 0.160. The first-order chi connectivity index (χ1) is 14.7. The fourth-order valence-electron chi connectivity index (χ4n) is 3.60. The van der Waals surface area contributed by atoms with Crippen molar-refractivity contribution >= 4 is 16.8 Å². The van der Waals surface area contributed by atoms with E-state index in [1.807, 2.05) is 62.4 Å². The summed E-state index contributed by atoms with van der Waals surface area (Å²) in [5.74, 6) is -0.486. The highest BCUT2D eigenvalue weighted by molar-refractivity contribution is 5.96. The lowest BCUT2D eigenvalue weighted by Crippen LogP contribution is -2.24. The predicted octanol–water partition coefficient (Wildman–Crippen LogP) is 5.62. The van der Waals surface area contributed by atoms with Crippen molar-refractivity contribution in [2.24, 2.45) is 0 Å². The van der Waals surface area contributed by atoms with Crippen molar-refractivity contribution in [2.75, 3.05) is 0 Å². The lowest BCUT2D eigenvalue weighted by molar-refractivity contribution is 0.0761. The topological polar surface area (TPSA) is 46.1 Å². The maximum atomic E-state index is 14.8. The van der Waals surface area contributed by atoms with Crippen molar-refractivity contribution in [3.05, 3.63) is 95.7 Å². The Morgan fingerprint density at radius 2 is 1.80 bits per heavy atom. The molecule has 150 valence electrons. The van der Waals surface area contributed by atoms with Gasteiger partial charge in [0.1, 0.15) is 11.5 Å². The molecule has 0 fully saturated rings. The number of carbonyl (C=O) groups excluding carboxylic acids is 1. The van der Waals surface area contributed by atoms with Crippen molar-refractivity contribution in [3.8, 4) is 11.1 Å². The van der Waals surface area contributed by atoms with Gasteiger partial charge in [0.25, 0.3) is 5.91 Å². The highest BCUT2D eigenvalue weighted by Gasteiger charge is 2.28. The number of amides is 1. The Balaban J connectivity index is 0.00000106. The molecule has 2 aromatic carbocycles. The molecule has 0 bridgehead atoms. The number of aromatic nitrogens is 2. The third kappa shape index (κ3) is 3.66. The van der Waals surface area contributed by atoms with Crippen molar-refractivity contribution in [2.45, 2.75) is 26.9 Å². The summed E-state index contributed by atoms with van der Waals surface area (Å²) < 4.78 is 14.8. The fourth-order valence-corrected chi connectivity index (χ4v) is 3.60. The highest BCUT2D eigenvalue weighted by atomic mass is 19.1. The SMILES string of the molecule is CC.O=C1c2ncccc2CN1Cc1ccc(-c2cnc3ccccc3c2)cc1F. The summed E-state index contributed by atoms with van der Waals surface area (Å²) in [5.41, 5.74) is 4.35. The van der Waals surface area contributed by atoms with Gasteiger partial charge in [-0.25, -0.2) is 4.39 Å². The van der Waals surface area contributed by atoms with Crippen LogP contribution in [-0.4, -0.2) is 20.8 Å². The zero-order valence-electron chi connectivity index (χ0n) is 17.0. The molecule has 0 N–H and O–H groups in total. The van der Waals surface area contributed by atoms with Crippen LogP contribution in [0.5, 0.6) is 0 Å². The summed E-state index contributed by atoms with van der Waals surface area (Å²) in [4.78, 5) is 22.7. The summed E-state index contributed by atoms with van der Waals surface area (Å²) in [6.45, 7) is 4.68. The van der Waals surface area contributed by atoms with Crippen LogP contribution in [0, 0.1) is 5.82 Å². The van der Waals surface area contributed by atoms with Crippen LogP contribution in [0.3, 0.4) is 0 Å². The number of halogens is 1. The number of rotatable bonds is 3. The molecule has 0 spiro atoms. The quantitative estimate of drug-likeness (QED) is 0.449. The molecular weight excluding hydrogens is 377 g/mol. The summed E-state index contributed by atoms with van der Waals surface area (Å²) in [7, 11) is 0. The molecule has 0 atom stereocenters. The minimum atomic E-state index is -0.331. The maximum absolute atomic E-state index is 14.8. The third-order valence-electron chi connectivity index (χ3n) is 5.08. The summed E-state index contributed by atoms with van der Waals surface area (Å²) in [5, 5.41) is 1.01. The number of nitrogens with zero attached hydrogens (tertiary/aromatic N) is 3.